The van der Waals surface area contributed by atoms with Gasteiger partial charge in [0.25, 0.3) is 6.02 Å². The molecular weight excluding hydrogens is 336 g/mol. The van der Waals surface area contributed by atoms with Crippen molar-refractivity contribution in [1.82, 2.24) is 10.2 Å². The van der Waals surface area contributed by atoms with E-state index >= 15 is 0 Å². The highest BCUT2D eigenvalue weighted by molar-refractivity contribution is 5.76. The Hall–Kier alpha value is -2.43. The Labute approximate surface area is 162 Å². The second-order valence-corrected chi connectivity index (χ2v) is 8.52. The number of benzene rings is 1. The lowest BCUT2D eigenvalue weighted by Crippen LogP contribution is -2.47. The monoisotopic (exact) mass is 364 g/mol. The molecule has 3 aliphatic rings. The summed E-state index contributed by atoms with van der Waals surface area (Å²) in [7, 11) is 0. The fourth-order valence-corrected chi connectivity index (χ4v) is 5.36. The number of aliphatic imine (C=N–C) groups is 1. The van der Waals surface area contributed by atoms with E-state index in [1.165, 1.54) is 0 Å². The van der Waals surface area contributed by atoms with Gasteiger partial charge in [-0.25, -0.2) is 4.99 Å². The summed E-state index contributed by atoms with van der Waals surface area (Å²) in [5, 5.41) is 7.85. The minimum Gasteiger partial charge on any atom is -0.462 e. The van der Waals surface area contributed by atoms with Crippen molar-refractivity contribution in [2.45, 2.75) is 45.1 Å². The van der Waals surface area contributed by atoms with Crippen LogP contribution in [-0.4, -0.2) is 22.8 Å². The molecule has 27 heavy (non-hydrogen) atoms. The van der Waals surface area contributed by atoms with Crippen molar-refractivity contribution in [3.8, 4) is 11.1 Å². The topological polar surface area (TPSA) is 73.4 Å². The van der Waals surface area contributed by atoms with Crippen LogP contribution in [0.3, 0.4) is 0 Å². The lowest BCUT2D eigenvalue weighted by atomic mass is 9.58. The van der Waals surface area contributed by atoms with Crippen LogP contribution in [0.1, 0.15) is 47.0 Å². The second kappa shape index (κ2) is 5.78. The fraction of sp³-hybridized carbons (Fsp3) is 0.500. The second-order valence-electron chi connectivity index (χ2n) is 8.52. The summed E-state index contributed by atoms with van der Waals surface area (Å²) in [4.78, 5) is 4.75. The van der Waals surface area contributed by atoms with Crippen LogP contribution in [0.2, 0.25) is 0 Å². The third-order valence-corrected chi connectivity index (χ3v) is 7.06. The highest BCUT2D eigenvalue weighted by Gasteiger charge is 2.61. The van der Waals surface area contributed by atoms with E-state index in [0.29, 0.717) is 11.8 Å². The predicted octanol–water partition coefficient (Wildman–Crippen LogP) is 3.68. The molecule has 5 nitrogen and oxygen atoms in total. The first-order valence-corrected chi connectivity index (χ1v) is 9.73. The van der Waals surface area contributed by atoms with Crippen LogP contribution in [0.15, 0.2) is 41.7 Å². The van der Waals surface area contributed by atoms with Crippen molar-refractivity contribution in [1.29, 1.82) is 0 Å². The van der Waals surface area contributed by atoms with Crippen molar-refractivity contribution < 1.29 is 7.48 Å². The van der Waals surface area contributed by atoms with E-state index in [0.717, 1.165) is 47.9 Å². The van der Waals surface area contributed by atoms with Crippen LogP contribution in [0.4, 0.5) is 0 Å². The molecule has 2 N–H and O–H groups in total. The molecule has 0 saturated heterocycles. The number of fused-ring (bicyclic) bond motifs is 3. The molecule has 1 aromatic carbocycles. The summed E-state index contributed by atoms with van der Waals surface area (Å²) in [6.45, 7) is 2.57. The SMILES string of the molecule is [2H]C1([2H])OC(N)=NC12c1cc(-c3ccnnc3)ccc1C[C@@]21CC[C@H](C)[C@@H](C)C1. The minimum atomic E-state index is -1.99. The standard InChI is InChI=1S/C22H26N4O/c1-14-5-7-21(10-15(14)2)11-17-4-3-16(18-6-8-24-25-12-18)9-19(17)22(21)13-27-20(23)26-22/h3-4,6,8-9,12,14-15H,5,7,10-11,13H2,1-2H3,(H2,23,26)/t14-,15-,21-,22?/m0/s1/i13D2. The van der Waals surface area contributed by atoms with Crippen LogP contribution >= 0.6 is 0 Å². The Kier molecular flexibility index (Phi) is 3.13. The van der Waals surface area contributed by atoms with Crippen molar-refractivity contribution in [2.75, 3.05) is 6.56 Å². The molecule has 140 valence electrons. The zero-order valence-electron chi connectivity index (χ0n) is 17.8. The number of nitrogens with zero attached hydrogens (tertiary/aromatic N) is 3. The van der Waals surface area contributed by atoms with Crippen LogP contribution in [0.5, 0.6) is 0 Å². The smallest absolute Gasteiger partial charge is 0.283 e. The largest absolute Gasteiger partial charge is 0.462 e. The van der Waals surface area contributed by atoms with Gasteiger partial charge in [-0.3, -0.25) is 0 Å². The van der Waals surface area contributed by atoms with Gasteiger partial charge in [-0.15, -0.1) is 0 Å². The molecule has 1 unspecified atom stereocenters. The number of ether oxygens (including phenoxy) is 1. The highest BCUT2D eigenvalue weighted by atomic mass is 16.5. The first-order valence-electron chi connectivity index (χ1n) is 10.7. The van der Waals surface area contributed by atoms with Gasteiger partial charge in [-0.05, 0) is 66.3 Å². The Morgan fingerprint density at radius 3 is 2.78 bits per heavy atom. The van der Waals surface area contributed by atoms with Crippen molar-refractivity contribution in [3.63, 3.8) is 0 Å². The molecular formula is C22H26N4O. The molecule has 1 aromatic heterocycles. The maximum Gasteiger partial charge on any atom is 0.283 e. The zero-order valence-corrected chi connectivity index (χ0v) is 15.8. The Morgan fingerprint density at radius 1 is 1.19 bits per heavy atom. The third kappa shape index (κ3) is 2.33. The average molecular weight is 364 g/mol. The molecule has 1 aliphatic heterocycles. The van der Waals surface area contributed by atoms with E-state index in [4.69, 9.17) is 18.2 Å². The number of hydrogen-bond donors (Lipinski definition) is 1. The van der Waals surface area contributed by atoms with Crippen molar-refractivity contribution >= 4 is 6.02 Å². The van der Waals surface area contributed by atoms with Crippen LogP contribution in [-0.2, 0) is 16.7 Å². The van der Waals surface area contributed by atoms with E-state index < -0.39 is 12.1 Å². The molecule has 2 aliphatic carbocycles. The molecule has 5 heteroatoms. The third-order valence-electron chi connectivity index (χ3n) is 7.06. The number of hydrogen-bond acceptors (Lipinski definition) is 5. The molecule has 1 saturated carbocycles. The van der Waals surface area contributed by atoms with E-state index in [9.17, 15) is 0 Å². The first-order chi connectivity index (χ1) is 13.8. The van der Waals surface area contributed by atoms with Crippen LogP contribution in [0.25, 0.3) is 11.1 Å². The first kappa shape index (κ1) is 14.6. The van der Waals surface area contributed by atoms with Gasteiger partial charge in [0, 0.05) is 11.0 Å². The number of aromatic nitrogens is 2. The summed E-state index contributed by atoms with van der Waals surface area (Å²) in [5.74, 6) is 1.11. The molecule has 4 atom stereocenters. The molecule has 2 heterocycles. The molecule has 0 bridgehead atoms. The molecule has 0 amide bonds. The summed E-state index contributed by atoms with van der Waals surface area (Å²) in [5.41, 5.74) is 8.50. The maximum absolute atomic E-state index is 8.87. The maximum atomic E-state index is 8.87. The fourth-order valence-electron chi connectivity index (χ4n) is 5.36. The van der Waals surface area contributed by atoms with E-state index in [1.807, 2.05) is 6.07 Å². The average Bonchev–Trinajstić information content (AvgIpc) is 3.10. The normalized spacial score (nSPS) is 37.5. The van der Waals surface area contributed by atoms with Crippen LogP contribution in [0, 0.1) is 17.3 Å². The lowest BCUT2D eigenvalue weighted by Gasteiger charge is -2.47. The Morgan fingerprint density at radius 2 is 2.07 bits per heavy atom. The van der Waals surface area contributed by atoms with Crippen molar-refractivity contribution in [2.24, 2.45) is 28.0 Å². The van der Waals surface area contributed by atoms with Gasteiger partial charge in [0.05, 0.1) is 15.1 Å². The van der Waals surface area contributed by atoms with Crippen LogP contribution < -0.4 is 5.73 Å². The number of amidine groups is 1. The Bertz CT molecular complexity index is 996. The van der Waals surface area contributed by atoms with Gasteiger partial charge < -0.3 is 10.5 Å². The van der Waals surface area contributed by atoms with Gasteiger partial charge in [0.2, 0.25) is 0 Å². The van der Waals surface area contributed by atoms with Gasteiger partial charge in [-0.2, -0.15) is 10.2 Å². The molecule has 5 rings (SSSR count). The molecule has 1 fully saturated rings. The van der Waals surface area contributed by atoms with Crippen molar-refractivity contribution in [3.05, 3.63) is 47.8 Å². The minimum absolute atomic E-state index is 0.0514. The van der Waals surface area contributed by atoms with E-state index in [1.54, 1.807) is 12.4 Å². The summed E-state index contributed by atoms with van der Waals surface area (Å²) in [6.07, 6.45) is 7.07. The Balaban J connectivity index is 1.73. The lowest BCUT2D eigenvalue weighted by molar-refractivity contribution is 0.0205. The van der Waals surface area contributed by atoms with Gasteiger partial charge in [-0.1, -0.05) is 26.0 Å². The quantitative estimate of drug-likeness (QED) is 0.838. The predicted molar refractivity (Wildman–Crippen MR) is 105 cm³/mol. The highest BCUT2D eigenvalue weighted by Crippen LogP contribution is 2.62. The van der Waals surface area contributed by atoms with E-state index in [2.05, 4.69) is 42.2 Å². The van der Waals surface area contributed by atoms with E-state index in [-0.39, 0.29) is 11.4 Å². The summed E-state index contributed by atoms with van der Waals surface area (Å²) < 4.78 is 23.3. The molecule has 2 spiro atoms. The zero-order chi connectivity index (χ0) is 20.4. The number of nitrogens with two attached hydrogens (primary N) is 1. The molecule has 2 aromatic rings. The molecule has 0 radical (unpaired) electrons. The summed E-state index contributed by atoms with van der Waals surface area (Å²) >= 11 is 0. The number of rotatable bonds is 1. The summed E-state index contributed by atoms with van der Waals surface area (Å²) in [6, 6.07) is 8.12. The van der Waals surface area contributed by atoms with Gasteiger partial charge in [0.1, 0.15) is 12.1 Å². The van der Waals surface area contributed by atoms with Gasteiger partial charge in [0.15, 0.2) is 0 Å². The van der Waals surface area contributed by atoms with Gasteiger partial charge >= 0.3 is 0 Å².